The SMILES string of the molecule is COc1ccc([C@H]2[NH2+][C@@H](C(=O)[O-])CS2)cc1COc1c(C)cc(Cl)cc1C(C)C. The van der Waals surface area contributed by atoms with Crippen LogP contribution in [0.5, 0.6) is 11.5 Å². The Morgan fingerprint density at radius 3 is 2.72 bits per heavy atom. The van der Waals surface area contributed by atoms with Crippen molar-refractivity contribution in [3.8, 4) is 11.5 Å². The summed E-state index contributed by atoms with van der Waals surface area (Å²) in [7, 11) is 1.63. The number of nitrogens with two attached hydrogens (primary N) is 1. The summed E-state index contributed by atoms with van der Waals surface area (Å²) in [5.74, 6) is 1.38. The fourth-order valence-corrected chi connectivity index (χ4v) is 5.09. The largest absolute Gasteiger partial charge is 0.544 e. The second-order valence-corrected chi connectivity index (χ2v) is 9.14. The zero-order valence-corrected chi connectivity index (χ0v) is 18.6. The summed E-state index contributed by atoms with van der Waals surface area (Å²) in [4.78, 5) is 11.1. The van der Waals surface area contributed by atoms with Crippen molar-refractivity contribution in [2.45, 2.75) is 44.7 Å². The Balaban J connectivity index is 1.84. The van der Waals surface area contributed by atoms with E-state index in [9.17, 15) is 9.90 Å². The van der Waals surface area contributed by atoms with E-state index in [1.165, 1.54) is 0 Å². The van der Waals surface area contributed by atoms with Gasteiger partial charge in [0.05, 0.1) is 12.9 Å². The van der Waals surface area contributed by atoms with Crippen molar-refractivity contribution in [1.82, 2.24) is 0 Å². The molecule has 5 nitrogen and oxygen atoms in total. The van der Waals surface area contributed by atoms with Gasteiger partial charge < -0.3 is 24.7 Å². The molecule has 0 bridgehead atoms. The summed E-state index contributed by atoms with van der Waals surface area (Å²) in [5, 5.41) is 13.7. The molecule has 1 heterocycles. The van der Waals surface area contributed by atoms with E-state index in [0.29, 0.717) is 17.4 Å². The second kappa shape index (κ2) is 9.28. The van der Waals surface area contributed by atoms with Gasteiger partial charge in [-0.1, -0.05) is 37.2 Å². The predicted octanol–water partition coefficient (Wildman–Crippen LogP) is 2.79. The van der Waals surface area contributed by atoms with Crippen molar-refractivity contribution in [2.75, 3.05) is 12.9 Å². The van der Waals surface area contributed by atoms with E-state index in [2.05, 4.69) is 13.8 Å². The fraction of sp³-hybridized carbons (Fsp3) is 0.409. The van der Waals surface area contributed by atoms with Gasteiger partial charge in [0.2, 0.25) is 0 Å². The number of benzene rings is 2. The molecule has 2 aromatic rings. The van der Waals surface area contributed by atoms with Gasteiger partial charge in [-0.2, -0.15) is 0 Å². The maximum absolute atomic E-state index is 11.1. The lowest BCUT2D eigenvalue weighted by Gasteiger charge is -2.19. The average Bonchev–Trinajstić information content (AvgIpc) is 3.17. The standard InChI is InChI=1S/C22H26ClNO4S/c1-12(2)17-9-16(23)7-13(3)20(17)28-10-15-8-14(5-6-19(15)27-4)21-24-18(11-29-21)22(25)26/h5-9,12,18,21,24H,10-11H2,1-4H3,(H,25,26)/t18-,21+/m1/s1. The number of ether oxygens (including phenoxy) is 2. The fourth-order valence-electron chi connectivity index (χ4n) is 3.50. The first-order chi connectivity index (χ1) is 13.8. The van der Waals surface area contributed by atoms with Crippen molar-refractivity contribution in [2.24, 2.45) is 0 Å². The van der Waals surface area contributed by atoms with Gasteiger partial charge in [-0.15, -0.1) is 0 Å². The quantitative estimate of drug-likeness (QED) is 0.723. The number of thioether (sulfide) groups is 1. The van der Waals surface area contributed by atoms with E-state index in [0.717, 1.165) is 33.8 Å². The number of aryl methyl sites for hydroxylation is 1. The van der Waals surface area contributed by atoms with Crippen LogP contribution in [-0.4, -0.2) is 24.9 Å². The number of hydrogen-bond donors (Lipinski definition) is 1. The minimum Gasteiger partial charge on any atom is -0.544 e. The molecule has 2 N–H and O–H groups in total. The Morgan fingerprint density at radius 1 is 1.34 bits per heavy atom. The first-order valence-electron chi connectivity index (χ1n) is 9.57. The highest BCUT2D eigenvalue weighted by Crippen LogP contribution is 2.35. The molecule has 0 spiro atoms. The maximum atomic E-state index is 11.1. The van der Waals surface area contributed by atoms with Crippen LogP contribution in [-0.2, 0) is 11.4 Å². The van der Waals surface area contributed by atoms with Gasteiger partial charge in [-0.05, 0) is 54.3 Å². The van der Waals surface area contributed by atoms with Crippen molar-refractivity contribution in [3.63, 3.8) is 0 Å². The molecular formula is C22H26ClNO4S. The lowest BCUT2D eigenvalue weighted by atomic mass is 9.99. The number of aliphatic carboxylic acids is 1. The van der Waals surface area contributed by atoms with Crippen LogP contribution < -0.4 is 19.9 Å². The number of quaternary nitrogens is 1. The van der Waals surface area contributed by atoms with Gasteiger partial charge >= 0.3 is 0 Å². The Hall–Kier alpha value is -1.89. The molecule has 0 unspecified atom stereocenters. The smallest absolute Gasteiger partial charge is 0.159 e. The van der Waals surface area contributed by atoms with E-state index >= 15 is 0 Å². The molecule has 1 saturated heterocycles. The molecule has 29 heavy (non-hydrogen) atoms. The summed E-state index contributed by atoms with van der Waals surface area (Å²) in [6.07, 6.45) is 0. The van der Waals surface area contributed by atoms with Crippen LogP contribution in [0.25, 0.3) is 0 Å². The molecule has 1 aliphatic rings. The highest BCUT2D eigenvalue weighted by Gasteiger charge is 2.31. The first kappa shape index (κ1) is 21.8. The van der Waals surface area contributed by atoms with Crippen LogP contribution in [0.3, 0.4) is 0 Å². The third kappa shape index (κ3) is 5.00. The molecule has 1 fully saturated rings. The highest BCUT2D eigenvalue weighted by molar-refractivity contribution is 7.99. The van der Waals surface area contributed by atoms with Gasteiger partial charge in [-0.25, -0.2) is 0 Å². The first-order valence-corrected chi connectivity index (χ1v) is 11.0. The van der Waals surface area contributed by atoms with Gasteiger partial charge in [0.1, 0.15) is 30.1 Å². The van der Waals surface area contributed by atoms with Crippen LogP contribution in [0.15, 0.2) is 30.3 Å². The third-order valence-corrected chi connectivity index (χ3v) is 6.62. The van der Waals surface area contributed by atoms with Gasteiger partial charge in [0.25, 0.3) is 0 Å². The highest BCUT2D eigenvalue weighted by atomic mass is 35.5. The molecule has 0 saturated carbocycles. The predicted molar refractivity (Wildman–Crippen MR) is 114 cm³/mol. The number of halogens is 1. The Labute approximate surface area is 180 Å². The summed E-state index contributed by atoms with van der Waals surface area (Å²) in [5.41, 5.74) is 4.02. The van der Waals surface area contributed by atoms with Crippen molar-refractivity contribution in [1.29, 1.82) is 0 Å². The molecule has 3 rings (SSSR count). The Kier molecular flexibility index (Phi) is 6.98. The molecule has 0 amide bonds. The van der Waals surface area contributed by atoms with Crippen molar-refractivity contribution in [3.05, 3.63) is 57.6 Å². The minimum absolute atomic E-state index is 0.0195. The lowest BCUT2D eigenvalue weighted by molar-refractivity contribution is -0.690. The summed E-state index contributed by atoms with van der Waals surface area (Å²) >= 11 is 7.84. The van der Waals surface area contributed by atoms with Crippen LogP contribution >= 0.6 is 23.4 Å². The molecule has 7 heteroatoms. The van der Waals surface area contributed by atoms with E-state index in [4.69, 9.17) is 21.1 Å². The molecule has 156 valence electrons. The van der Waals surface area contributed by atoms with Gasteiger partial charge in [0.15, 0.2) is 5.37 Å². The molecular weight excluding hydrogens is 410 g/mol. The van der Waals surface area contributed by atoms with Crippen molar-refractivity contribution < 1.29 is 24.7 Å². The van der Waals surface area contributed by atoms with Gasteiger partial charge in [-0.3, -0.25) is 0 Å². The molecule has 0 aromatic heterocycles. The lowest BCUT2D eigenvalue weighted by Crippen LogP contribution is -2.90. The number of hydrogen-bond acceptors (Lipinski definition) is 5. The van der Waals surface area contributed by atoms with Gasteiger partial charge in [0, 0.05) is 16.1 Å². The van der Waals surface area contributed by atoms with Crippen LogP contribution in [0.2, 0.25) is 5.02 Å². The second-order valence-electron chi connectivity index (χ2n) is 7.53. The van der Waals surface area contributed by atoms with Crippen molar-refractivity contribution >= 4 is 29.3 Å². The summed E-state index contributed by atoms with van der Waals surface area (Å²) in [6.45, 7) is 6.56. The Morgan fingerprint density at radius 2 is 2.10 bits per heavy atom. The summed E-state index contributed by atoms with van der Waals surface area (Å²) in [6, 6.07) is 9.25. The van der Waals surface area contributed by atoms with Crippen LogP contribution in [0, 0.1) is 6.92 Å². The Bertz CT molecular complexity index is 903. The zero-order valence-electron chi connectivity index (χ0n) is 17.0. The molecule has 0 aliphatic carbocycles. The van der Waals surface area contributed by atoms with Crippen LogP contribution in [0.4, 0.5) is 0 Å². The minimum atomic E-state index is -1.02. The molecule has 0 radical (unpaired) electrons. The van der Waals surface area contributed by atoms with Crippen LogP contribution in [0.1, 0.15) is 47.4 Å². The average molecular weight is 436 g/mol. The molecule has 2 aromatic carbocycles. The van der Waals surface area contributed by atoms with E-state index in [1.807, 2.05) is 42.6 Å². The molecule has 1 aliphatic heterocycles. The topological polar surface area (TPSA) is 75.2 Å². The normalized spacial score (nSPS) is 18.8. The van der Waals surface area contributed by atoms with E-state index < -0.39 is 12.0 Å². The summed E-state index contributed by atoms with van der Waals surface area (Å²) < 4.78 is 11.7. The number of rotatable bonds is 7. The number of carboxylic acid groups (broad SMARTS) is 1. The monoisotopic (exact) mass is 435 g/mol. The maximum Gasteiger partial charge on any atom is 0.159 e. The third-order valence-electron chi connectivity index (χ3n) is 5.06. The number of carboxylic acids is 1. The zero-order chi connectivity index (χ0) is 21.1. The molecule has 2 atom stereocenters. The number of carbonyl (C=O) groups excluding carboxylic acids is 1. The number of methoxy groups -OCH3 is 1. The number of carbonyl (C=O) groups is 1. The van der Waals surface area contributed by atoms with E-state index in [-0.39, 0.29) is 11.3 Å². The van der Waals surface area contributed by atoms with E-state index in [1.54, 1.807) is 18.9 Å².